The number of anilines is 1. The van der Waals surface area contributed by atoms with Crippen molar-refractivity contribution < 1.29 is 18.8 Å². The highest BCUT2D eigenvalue weighted by Gasteiger charge is 2.41. The normalized spacial score (nSPS) is 17.9. The van der Waals surface area contributed by atoms with Gasteiger partial charge in [0.25, 0.3) is 11.8 Å². The highest BCUT2D eigenvalue weighted by atomic mass is 16.3. The van der Waals surface area contributed by atoms with Gasteiger partial charge in [0.1, 0.15) is 6.04 Å². The second-order valence-corrected chi connectivity index (χ2v) is 7.98. The molecule has 0 bridgehead atoms. The number of rotatable bonds is 3. The van der Waals surface area contributed by atoms with Gasteiger partial charge in [-0.3, -0.25) is 19.3 Å². The van der Waals surface area contributed by atoms with E-state index >= 15 is 0 Å². The molecule has 7 nitrogen and oxygen atoms in total. The lowest BCUT2D eigenvalue weighted by Crippen LogP contribution is -2.56. The standard InChI is InChI=1S/C25H23N3O4/c29-23(18-7-2-1-3-8-18)28-20-10-5-4-9-19(20)17-21(28)24(30)26-12-14-27(15-13-26)25(31)22-11-6-16-32-22/h1-11,16,21H,12-15,17H2. The molecule has 0 N–H and O–H groups in total. The molecule has 0 radical (unpaired) electrons. The molecule has 3 amide bonds. The number of furan rings is 1. The summed E-state index contributed by atoms with van der Waals surface area (Å²) >= 11 is 0. The lowest BCUT2D eigenvalue weighted by Gasteiger charge is -2.37. The van der Waals surface area contributed by atoms with Gasteiger partial charge in [0.15, 0.2) is 5.76 Å². The first-order valence-corrected chi connectivity index (χ1v) is 10.7. The van der Waals surface area contributed by atoms with Crippen molar-refractivity contribution in [1.29, 1.82) is 0 Å². The van der Waals surface area contributed by atoms with Crippen LogP contribution in [0.1, 0.15) is 26.5 Å². The number of para-hydroxylation sites is 1. The molecule has 1 aromatic heterocycles. The molecule has 0 spiro atoms. The highest BCUT2D eigenvalue weighted by molar-refractivity contribution is 6.11. The number of carbonyl (C=O) groups excluding carboxylic acids is 3. The molecular formula is C25H23N3O4. The van der Waals surface area contributed by atoms with Crippen LogP contribution in [0, 0.1) is 0 Å². The molecule has 1 atom stereocenters. The quantitative estimate of drug-likeness (QED) is 0.642. The lowest BCUT2D eigenvalue weighted by atomic mass is 10.1. The summed E-state index contributed by atoms with van der Waals surface area (Å²) in [6.45, 7) is 1.70. The second kappa shape index (κ2) is 8.34. The summed E-state index contributed by atoms with van der Waals surface area (Å²) in [6, 6.07) is 19.4. The van der Waals surface area contributed by atoms with E-state index in [1.807, 2.05) is 42.5 Å². The van der Waals surface area contributed by atoms with Crippen molar-refractivity contribution in [2.45, 2.75) is 12.5 Å². The third-order valence-corrected chi connectivity index (χ3v) is 6.11. The Kier molecular flexibility index (Phi) is 5.23. The van der Waals surface area contributed by atoms with Gasteiger partial charge in [0.2, 0.25) is 5.91 Å². The van der Waals surface area contributed by atoms with E-state index in [4.69, 9.17) is 4.42 Å². The van der Waals surface area contributed by atoms with Crippen molar-refractivity contribution in [3.63, 3.8) is 0 Å². The summed E-state index contributed by atoms with van der Waals surface area (Å²) < 4.78 is 5.21. The zero-order valence-electron chi connectivity index (χ0n) is 17.5. The van der Waals surface area contributed by atoms with Crippen molar-refractivity contribution in [3.8, 4) is 0 Å². The first-order valence-electron chi connectivity index (χ1n) is 10.7. The fourth-order valence-corrected chi connectivity index (χ4v) is 4.45. The maximum absolute atomic E-state index is 13.5. The molecular weight excluding hydrogens is 406 g/mol. The van der Waals surface area contributed by atoms with Gasteiger partial charge in [-0.1, -0.05) is 36.4 Å². The van der Waals surface area contributed by atoms with Gasteiger partial charge < -0.3 is 14.2 Å². The molecule has 3 aromatic rings. The third-order valence-electron chi connectivity index (χ3n) is 6.11. The molecule has 1 unspecified atom stereocenters. The number of fused-ring (bicyclic) bond motifs is 1. The van der Waals surface area contributed by atoms with Gasteiger partial charge in [-0.2, -0.15) is 0 Å². The first kappa shape index (κ1) is 20.1. The fourth-order valence-electron chi connectivity index (χ4n) is 4.45. The van der Waals surface area contributed by atoms with Gasteiger partial charge in [-0.15, -0.1) is 0 Å². The molecule has 2 aliphatic rings. The zero-order valence-corrected chi connectivity index (χ0v) is 17.5. The van der Waals surface area contributed by atoms with Gasteiger partial charge >= 0.3 is 0 Å². The van der Waals surface area contributed by atoms with Crippen molar-refractivity contribution in [3.05, 3.63) is 89.9 Å². The molecule has 0 aliphatic carbocycles. The van der Waals surface area contributed by atoms with Crippen LogP contribution in [0.15, 0.2) is 77.4 Å². The monoisotopic (exact) mass is 429 g/mol. The summed E-state index contributed by atoms with van der Waals surface area (Å²) in [5, 5.41) is 0. The zero-order chi connectivity index (χ0) is 22.1. The third kappa shape index (κ3) is 3.56. The van der Waals surface area contributed by atoms with E-state index in [0.717, 1.165) is 11.3 Å². The minimum atomic E-state index is -0.590. The maximum Gasteiger partial charge on any atom is 0.289 e. The smallest absolute Gasteiger partial charge is 0.289 e. The Morgan fingerprint density at radius 3 is 2.16 bits per heavy atom. The summed E-state index contributed by atoms with van der Waals surface area (Å²) in [4.78, 5) is 44.5. The van der Waals surface area contributed by atoms with Crippen LogP contribution in [-0.2, 0) is 11.2 Å². The summed E-state index contributed by atoms with van der Waals surface area (Å²) in [6.07, 6.45) is 1.96. The van der Waals surface area contributed by atoms with Crippen LogP contribution < -0.4 is 4.90 Å². The number of benzene rings is 2. The lowest BCUT2D eigenvalue weighted by molar-refractivity contribution is -0.133. The SMILES string of the molecule is O=C(c1ccco1)N1CCN(C(=O)C2Cc3ccccc3N2C(=O)c2ccccc2)CC1. The van der Waals surface area contributed by atoms with Crippen molar-refractivity contribution >= 4 is 23.4 Å². The number of hydrogen-bond acceptors (Lipinski definition) is 4. The van der Waals surface area contributed by atoms with Crippen molar-refractivity contribution in [2.24, 2.45) is 0 Å². The predicted octanol–water partition coefficient (Wildman–Crippen LogP) is 2.84. The summed E-state index contributed by atoms with van der Waals surface area (Å²) in [5.74, 6) is -0.136. The van der Waals surface area contributed by atoms with Gasteiger partial charge in [0, 0.05) is 43.9 Å². The molecule has 2 aromatic carbocycles. The molecule has 3 heterocycles. The molecule has 5 rings (SSSR count). The van der Waals surface area contributed by atoms with Gasteiger partial charge in [-0.25, -0.2) is 0 Å². The summed E-state index contributed by atoms with van der Waals surface area (Å²) in [7, 11) is 0. The van der Waals surface area contributed by atoms with Crippen LogP contribution in [0.5, 0.6) is 0 Å². The van der Waals surface area contributed by atoms with E-state index in [1.165, 1.54) is 6.26 Å². The number of hydrogen-bond donors (Lipinski definition) is 0. The fraction of sp³-hybridized carbons (Fsp3) is 0.240. The molecule has 1 fully saturated rings. The van der Waals surface area contributed by atoms with Crippen LogP contribution >= 0.6 is 0 Å². The van der Waals surface area contributed by atoms with Crippen molar-refractivity contribution in [1.82, 2.24) is 9.80 Å². The summed E-state index contributed by atoms with van der Waals surface area (Å²) in [5.41, 5.74) is 2.32. The van der Waals surface area contributed by atoms with E-state index in [-0.39, 0.29) is 17.7 Å². The average molecular weight is 429 g/mol. The van der Waals surface area contributed by atoms with E-state index in [9.17, 15) is 14.4 Å². The number of nitrogens with zero attached hydrogens (tertiary/aromatic N) is 3. The van der Waals surface area contributed by atoms with Crippen LogP contribution in [-0.4, -0.2) is 59.7 Å². The van der Waals surface area contributed by atoms with E-state index in [2.05, 4.69) is 0 Å². The molecule has 2 aliphatic heterocycles. The average Bonchev–Trinajstić information content (AvgIpc) is 3.52. The maximum atomic E-state index is 13.5. The van der Waals surface area contributed by atoms with E-state index in [1.54, 1.807) is 39.0 Å². The van der Waals surface area contributed by atoms with Gasteiger partial charge in [0.05, 0.1) is 6.26 Å². The van der Waals surface area contributed by atoms with E-state index in [0.29, 0.717) is 43.9 Å². The molecule has 32 heavy (non-hydrogen) atoms. The Hall–Kier alpha value is -3.87. The Balaban J connectivity index is 1.34. The molecule has 1 saturated heterocycles. The Labute approximate surface area is 185 Å². The van der Waals surface area contributed by atoms with Crippen LogP contribution in [0.2, 0.25) is 0 Å². The van der Waals surface area contributed by atoms with Crippen LogP contribution in [0.3, 0.4) is 0 Å². The largest absolute Gasteiger partial charge is 0.459 e. The van der Waals surface area contributed by atoms with Gasteiger partial charge in [-0.05, 0) is 35.9 Å². The first-order chi connectivity index (χ1) is 15.6. The predicted molar refractivity (Wildman–Crippen MR) is 118 cm³/mol. The second-order valence-electron chi connectivity index (χ2n) is 7.98. The minimum Gasteiger partial charge on any atom is -0.459 e. The number of carbonyl (C=O) groups is 3. The Morgan fingerprint density at radius 2 is 1.44 bits per heavy atom. The Morgan fingerprint density at radius 1 is 0.750 bits per heavy atom. The number of piperazine rings is 1. The Bertz CT molecular complexity index is 1140. The van der Waals surface area contributed by atoms with Crippen LogP contribution in [0.4, 0.5) is 5.69 Å². The topological polar surface area (TPSA) is 74.1 Å². The van der Waals surface area contributed by atoms with Crippen LogP contribution in [0.25, 0.3) is 0 Å². The molecule has 7 heteroatoms. The molecule has 162 valence electrons. The van der Waals surface area contributed by atoms with Crippen molar-refractivity contribution in [2.75, 3.05) is 31.1 Å². The number of amides is 3. The highest BCUT2D eigenvalue weighted by Crippen LogP contribution is 2.34. The molecule has 0 saturated carbocycles. The minimum absolute atomic E-state index is 0.0874. The van der Waals surface area contributed by atoms with E-state index < -0.39 is 6.04 Å².